The maximum absolute atomic E-state index is 12.2. The van der Waals surface area contributed by atoms with E-state index in [9.17, 15) is 4.79 Å². The molecule has 7 heteroatoms. The molecule has 6 nitrogen and oxygen atoms in total. The number of thiophene rings is 1. The largest absolute Gasteiger partial charge is 0.489 e. The Balaban J connectivity index is 1.54. The van der Waals surface area contributed by atoms with E-state index in [1.54, 1.807) is 0 Å². The van der Waals surface area contributed by atoms with Crippen LogP contribution in [0.5, 0.6) is 5.75 Å². The summed E-state index contributed by atoms with van der Waals surface area (Å²) in [6.07, 6.45) is 0. The molecule has 122 valence electrons. The third-order valence-electron chi connectivity index (χ3n) is 4.60. The summed E-state index contributed by atoms with van der Waals surface area (Å²) >= 11 is 1.43. The summed E-state index contributed by atoms with van der Waals surface area (Å²) in [5.74, 6) is 1.65. The number of hydrogen-bond acceptors (Lipinski definition) is 6. The predicted octanol–water partition coefficient (Wildman–Crippen LogP) is 2.20. The molecular weight excluding hydrogens is 324 g/mol. The van der Waals surface area contributed by atoms with E-state index in [0.29, 0.717) is 17.1 Å². The van der Waals surface area contributed by atoms with Crippen molar-refractivity contribution in [3.63, 3.8) is 0 Å². The Morgan fingerprint density at radius 2 is 2.21 bits per heavy atom. The van der Waals surface area contributed by atoms with Gasteiger partial charge in [-0.15, -0.1) is 11.3 Å². The van der Waals surface area contributed by atoms with Gasteiger partial charge in [0.2, 0.25) is 0 Å². The topological polar surface area (TPSA) is 61.5 Å². The molecule has 1 aromatic carbocycles. The number of ether oxygens (including phenoxy) is 1. The normalized spacial score (nSPS) is 16.2. The van der Waals surface area contributed by atoms with Gasteiger partial charge >= 0.3 is 0 Å². The zero-order valence-electron chi connectivity index (χ0n) is 13.0. The predicted molar refractivity (Wildman–Crippen MR) is 95.4 cm³/mol. The van der Waals surface area contributed by atoms with E-state index in [0.717, 1.165) is 48.9 Å². The minimum Gasteiger partial charge on any atom is -0.489 e. The number of nitrogens with one attached hydrogen (secondary N) is 1. The summed E-state index contributed by atoms with van der Waals surface area (Å²) < 4.78 is 6.48. The summed E-state index contributed by atoms with van der Waals surface area (Å²) in [6, 6.07) is 8.05. The van der Waals surface area contributed by atoms with Crippen LogP contribution in [0.25, 0.3) is 10.2 Å². The molecule has 24 heavy (non-hydrogen) atoms. The minimum absolute atomic E-state index is 0.0536. The van der Waals surface area contributed by atoms with Crippen LogP contribution >= 0.6 is 11.3 Å². The number of aromatic amines is 1. The van der Waals surface area contributed by atoms with E-state index in [1.807, 2.05) is 23.6 Å². The van der Waals surface area contributed by atoms with Crippen molar-refractivity contribution < 1.29 is 4.74 Å². The molecule has 0 saturated heterocycles. The van der Waals surface area contributed by atoms with Crippen molar-refractivity contribution in [3.05, 3.63) is 45.8 Å². The fraction of sp³-hybridized carbons (Fsp3) is 0.294. The van der Waals surface area contributed by atoms with Gasteiger partial charge in [0.1, 0.15) is 28.6 Å². The molecule has 2 aliphatic heterocycles. The summed E-state index contributed by atoms with van der Waals surface area (Å²) in [5, 5.41) is 1.90. The number of H-pyrrole nitrogens is 1. The Kier molecular flexibility index (Phi) is 3.02. The molecule has 0 spiro atoms. The highest BCUT2D eigenvalue weighted by Crippen LogP contribution is 2.42. The van der Waals surface area contributed by atoms with Gasteiger partial charge in [0, 0.05) is 13.1 Å². The number of rotatable bonds is 2. The van der Waals surface area contributed by atoms with E-state index < -0.39 is 0 Å². The minimum atomic E-state index is -0.0536. The highest BCUT2D eigenvalue weighted by molar-refractivity contribution is 7.17. The summed E-state index contributed by atoms with van der Waals surface area (Å²) in [4.78, 5) is 24.4. The van der Waals surface area contributed by atoms with Crippen molar-refractivity contribution >= 4 is 32.9 Å². The summed E-state index contributed by atoms with van der Waals surface area (Å²) in [6.45, 7) is 4.11. The molecule has 0 bridgehead atoms. The average molecular weight is 340 g/mol. The first-order valence-electron chi connectivity index (χ1n) is 8.02. The molecule has 2 aliphatic rings. The number of para-hydroxylation sites is 1. The number of aromatic nitrogens is 2. The molecule has 5 rings (SSSR count). The van der Waals surface area contributed by atoms with E-state index >= 15 is 0 Å². The Morgan fingerprint density at radius 3 is 3.17 bits per heavy atom. The first kappa shape index (κ1) is 13.9. The molecule has 2 aromatic heterocycles. The molecule has 0 amide bonds. The second-order valence-corrected chi connectivity index (χ2v) is 6.94. The van der Waals surface area contributed by atoms with Crippen LogP contribution in [-0.2, 0) is 6.54 Å². The van der Waals surface area contributed by atoms with Gasteiger partial charge in [0.15, 0.2) is 0 Å². The average Bonchev–Trinajstić information content (AvgIpc) is 3.07. The number of anilines is 2. The number of benzene rings is 1. The summed E-state index contributed by atoms with van der Waals surface area (Å²) in [7, 11) is 0. The van der Waals surface area contributed by atoms with Crippen molar-refractivity contribution in [1.29, 1.82) is 0 Å². The lowest BCUT2D eigenvalue weighted by Crippen LogP contribution is -2.44. The van der Waals surface area contributed by atoms with Crippen LogP contribution in [-0.4, -0.2) is 36.2 Å². The van der Waals surface area contributed by atoms with Gasteiger partial charge in [-0.05, 0) is 23.6 Å². The number of nitrogens with zero attached hydrogens (tertiary/aromatic N) is 3. The van der Waals surface area contributed by atoms with Crippen LogP contribution < -0.4 is 20.1 Å². The molecule has 1 N–H and O–H groups in total. The second-order valence-electron chi connectivity index (χ2n) is 6.03. The van der Waals surface area contributed by atoms with Crippen LogP contribution in [0.3, 0.4) is 0 Å². The molecule has 0 atom stereocenters. The van der Waals surface area contributed by atoms with Crippen molar-refractivity contribution in [1.82, 2.24) is 9.97 Å². The Bertz CT molecular complexity index is 980. The molecule has 3 aromatic rings. The standard InChI is InChI=1S/C17H16N4O2S/c22-17-16-11(4-9-24-16)18-14(19-17)10-21-6-5-20-7-8-23-13-3-1-2-12(21)15(13)20/h1-4,9H,5-8,10H2,(H,18,19,22). The van der Waals surface area contributed by atoms with Crippen LogP contribution in [0.2, 0.25) is 0 Å². The Labute approximate surface area is 142 Å². The highest BCUT2D eigenvalue weighted by atomic mass is 32.1. The van der Waals surface area contributed by atoms with Crippen LogP contribution in [0.4, 0.5) is 11.4 Å². The van der Waals surface area contributed by atoms with Crippen LogP contribution in [0, 0.1) is 0 Å². The van der Waals surface area contributed by atoms with Crippen LogP contribution in [0.1, 0.15) is 5.82 Å². The molecule has 0 saturated carbocycles. The van der Waals surface area contributed by atoms with E-state index in [1.165, 1.54) is 11.3 Å². The van der Waals surface area contributed by atoms with E-state index in [-0.39, 0.29) is 5.56 Å². The SMILES string of the molecule is O=c1[nH]c(CN2CCN3CCOc4cccc2c43)nc2ccsc12. The lowest BCUT2D eigenvalue weighted by Gasteiger charge is -2.41. The molecule has 0 aliphatic carbocycles. The third-order valence-corrected chi connectivity index (χ3v) is 5.50. The van der Waals surface area contributed by atoms with Gasteiger partial charge in [-0.1, -0.05) is 6.07 Å². The monoisotopic (exact) mass is 340 g/mol. The van der Waals surface area contributed by atoms with E-state index in [2.05, 4.69) is 25.8 Å². The van der Waals surface area contributed by atoms with Gasteiger partial charge in [-0.2, -0.15) is 0 Å². The lowest BCUT2D eigenvalue weighted by molar-refractivity contribution is 0.306. The number of hydrogen-bond donors (Lipinski definition) is 1. The first-order valence-corrected chi connectivity index (χ1v) is 8.90. The van der Waals surface area contributed by atoms with Crippen LogP contribution in [0.15, 0.2) is 34.4 Å². The third kappa shape index (κ3) is 2.08. The molecule has 0 radical (unpaired) electrons. The Hall–Kier alpha value is -2.54. The zero-order valence-corrected chi connectivity index (χ0v) is 13.8. The quantitative estimate of drug-likeness (QED) is 0.775. The second kappa shape index (κ2) is 5.24. The maximum atomic E-state index is 12.2. The van der Waals surface area contributed by atoms with Crippen molar-refractivity contribution in [2.45, 2.75) is 6.54 Å². The smallest absolute Gasteiger partial charge is 0.268 e. The Morgan fingerprint density at radius 1 is 1.25 bits per heavy atom. The first-order chi connectivity index (χ1) is 11.8. The highest BCUT2D eigenvalue weighted by Gasteiger charge is 2.28. The lowest BCUT2D eigenvalue weighted by atomic mass is 10.1. The van der Waals surface area contributed by atoms with Gasteiger partial charge in [0.25, 0.3) is 5.56 Å². The van der Waals surface area contributed by atoms with Crippen molar-refractivity contribution in [2.75, 3.05) is 36.0 Å². The molecule has 0 fully saturated rings. The van der Waals surface area contributed by atoms with E-state index in [4.69, 9.17) is 4.74 Å². The molecular formula is C17H16N4O2S. The maximum Gasteiger partial charge on any atom is 0.268 e. The van der Waals surface area contributed by atoms with Gasteiger partial charge in [-0.3, -0.25) is 4.79 Å². The van der Waals surface area contributed by atoms with Crippen molar-refractivity contribution in [3.8, 4) is 5.75 Å². The molecule has 0 unspecified atom stereocenters. The van der Waals surface area contributed by atoms with Crippen molar-refractivity contribution in [2.24, 2.45) is 0 Å². The summed E-state index contributed by atoms with van der Waals surface area (Å²) in [5.41, 5.74) is 3.03. The van der Waals surface area contributed by atoms with Gasteiger partial charge in [0.05, 0.1) is 24.3 Å². The zero-order chi connectivity index (χ0) is 16.1. The van der Waals surface area contributed by atoms with Gasteiger partial charge in [-0.25, -0.2) is 4.98 Å². The van der Waals surface area contributed by atoms with Gasteiger partial charge < -0.3 is 19.5 Å². The fourth-order valence-corrected chi connectivity index (χ4v) is 4.23. The molecule has 4 heterocycles. The fourth-order valence-electron chi connectivity index (χ4n) is 3.50. The number of fused-ring (bicyclic) bond motifs is 1.